The standard InChI is InChI=1S/C25H36O5S.Na/c1-2-3-4-5-6-7-8-9-10-11-12-13-21-20-22(26)14-19-25(21)30-23-15-17-24(18-16-23)31(27,28)29;/h14-20,26H,2-13H2,1H3,(H,27,28,29);/q;+1/p-1. The van der Waals surface area contributed by atoms with Crippen LogP contribution in [0, 0.1) is 0 Å². The largest absolute Gasteiger partial charge is 1.00 e. The van der Waals surface area contributed by atoms with Crippen LogP contribution in [0.2, 0.25) is 0 Å². The molecule has 2 rings (SSSR count). The Hall–Kier alpha value is -1.05. The molecule has 0 unspecified atom stereocenters. The van der Waals surface area contributed by atoms with E-state index in [1.807, 2.05) is 0 Å². The summed E-state index contributed by atoms with van der Waals surface area (Å²) < 4.78 is 37.3. The molecular formula is C25H35NaO5S. The van der Waals surface area contributed by atoms with Gasteiger partial charge in [-0.3, -0.25) is 4.55 Å². The summed E-state index contributed by atoms with van der Waals surface area (Å²) in [5.41, 5.74) is 0.863. The SMILES string of the molecule is CCCCCCCCCCCCCc1cc([O-])ccc1Oc1ccc(S(=O)(=O)O)cc1.[Na+]. The van der Waals surface area contributed by atoms with Crippen LogP contribution in [0.3, 0.4) is 0 Å². The Morgan fingerprint density at radius 3 is 1.88 bits per heavy atom. The van der Waals surface area contributed by atoms with E-state index >= 15 is 0 Å². The monoisotopic (exact) mass is 470 g/mol. The third kappa shape index (κ3) is 11.2. The van der Waals surface area contributed by atoms with Crippen LogP contribution in [0.25, 0.3) is 0 Å². The van der Waals surface area contributed by atoms with Crippen LogP contribution in [0.5, 0.6) is 17.2 Å². The van der Waals surface area contributed by atoms with E-state index in [0.717, 1.165) is 24.8 Å². The average Bonchev–Trinajstić information content (AvgIpc) is 2.73. The van der Waals surface area contributed by atoms with Crippen LogP contribution in [0.4, 0.5) is 0 Å². The number of aryl methyl sites for hydroxylation is 1. The maximum absolute atomic E-state index is 11.8. The van der Waals surface area contributed by atoms with Gasteiger partial charge in [-0.2, -0.15) is 8.42 Å². The Labute approximate surface area is 215 Å². The minimum absolute atomic E-state index is 0. The zero-order valence-electron chi connectivity index (χ0n) is 19.5. The molecule has 0 amide bonds. The molecule has 5 nitrogen and oxygen atoms in total. The second kappa shape index (κ2) is 15.7. The molecular weight excluding hydrogens is 435 g/mol. The molecule has 2 aromatic carbocycles. The van der Waals surface area contributed by atoms with Crippen molar-refractivity contribution in [2.24, 2.45) is 0 Å². The van der Waals surface area contributed by atoms with Gasteiger partial charge in [-0.25, -0.2) is 0 Å². The third-order valence-corrected chi connectivity index (χ3v) is 6.30. The van der Waals surface area contributed by atoms with Crippen LogP contribution < -0.4 is 39.4 Å². The van der Waals surface area contributed by atoms with E-state index in [-0.39, 0.29) is 40.2 Å². The summed E-state index contributed by atoms with van der Waals surface area (Å²) in [7, 11) is -4.23. The minimum atomic E-state index is -4.23. The smallest absolute Gasteiger partial charge is 0.872 e. The molecule has 7 heteroatoms. The molecule has 0 aromatic heterocycles. The normalized spacial score (nSPS) is 11.2. The van der Waals surface area contributed by atoms with Crippen LogP contribution in [-0.4, -0.2) is 13.0 Å². The van der Waals surface area contributed by atoms with Crippen molar-refractivity contribution in [3.05, 3.63) is 48.0 Å². The van der Waals surface area contributed by atoms with Gasteiger partial charge in [0.2, 0.25) is 0 Å². The summed E-state index contributed by atoms with van der Waals surface area (Å²) in [6.07, 6.45) is 14.7. The third-order valence-electron chi connectivity index (χ3n) is 5.43. The Kier molecular flexibility index (Phi) is 14.2. The fraction of sp³-hybridized carbons (Fsp3) is 0.520. The molecule has 0 aliphatic rings. The van der Waals surface area contributed by atoms with Gasteiger partial charge in [0.25, 0.3) is 10.1 Å². The molecule has 0 spiro atoms. The number of hydrogen-bond acceptors (Lipinski definition) is 4. The Bertz CT molecular complexity index is 882. The maximum atomic E-state index is 11.8. The van der Waals surface area contributed by atoms with Gasteiger partial charge >= 0.3 is 29.6 Å². The molecule has 32 heavy (non-hydrogen) atoms. The number of rotatable bonds is 15. The van der Waals surface area contributed by atoms with Crippen LogP contribution in [-0.2, 0) is 16.5 Å². The maximum Gasteiger partial charge on any atom is 1.00 e. The zero-order chi connectivity index (χ0) is 22.5. The van der Waals surface area contributed by atoms with Crippen molar-refractivity contribution < 1.29 is 52.4 Å². The van der Waals surface area contributed by atoms with E-state index in [2.05, 4.69) is 6.92 Å². The van der Waals surface area contributed by atoms with Crippen molar-refractivity contribution in [2.45, 2.75) is 88.9 Å². The van der Waals surface area contributed by atoms with E-state index in [0.29, 0.717) is 11.5 Å². The molecule has 0 bridgehead atoms. The summed E-state index contributed by atoms with van der Waals surface area (Å²) in [6, 6.07) is 10.3. The van der Waals surface area contributed by atoms with Crippen molar-refractivity contribution in [1.29, 1.82) is 0 Å². The fourth-order valence-corrected chi connectivity index (χ4v) is 4.12. The molecule has 0 aliphatic heterocycles. The van der Waals surface area contributed by atoms with Gasteiger partial charge in [0.15, 0.2) is 0 Å². The number of benzene rings is 2. The second-order valence-electron chi connectivity index (χ2n) is 8.10. The molecule has 0 radical (unpaired) electrons. The van der Waals surface area contributed by atoms with Crippen molar-refractivity contribution in [3.63, 3.8) is 0 Å². The summed E-state index contributed by atoms with van der Waals surface area (Å²) in [5.74, 6) is 1.00. The van der Waals surface area contributed by atoms with Gasteiger partial charge < -0.3 is 9.84 Å². The molecule has 2 aromatic rings. The first-order chi connectivity index (χ1) is 14.9. The van der Waals surface area contributed by atoms with E-state index in [1.165, 1.54) is 88.1 Å². The van der Waals surface area contributed by atoms with Gasteiger partial charge in [0, 0.05) is 0 Å². The van der Waals surface area contributed by atoms with Crippen molar-refractivity contribution in [2.75, 3.05) is 0 Å². The predicted octanol–water partition coefficient (Wildman–Crippen LogP) is 3.66. The molecule has 1 N–H and O–H groups in total. The van der Waals surface area contributed by atoms with Crippen molar-refractivity contribution in [1.82, 2.24) is 0 Å². The number of unbranched alkanes of at least 4 members (excludes halogenated alkanes) is 10. The second-order valence-corrected chi connectivity index (χ2v) is 9.53. The van der Waals surface area contributed by atoms with E-state index in [9.17, 15) is 13.5 Å². The van der Waals surface area contributed by atoms with Crippen LogP contribution >= 0.6 is 0 Å². The Morgan fingerprint density at radius 1 is 0.812 bits per heavy atom. The van der Waals surface area contributed by atoms with E-state index < -0.39 is 10.1 Å². The fourth-order valence-electron chi connectivity index (χ4n) is 3.64. The predicted molar refractivity (Wildman–Crippen MR) is 122 cm³/mol. The van der Waals surface area contributed by atoms with Gasteiger partial charge in [-0.05, 0) is 48.7 Å². The summed E-state index contributed by atoms with van der Waals surface area (Å²) >= 11 is 0. The molecule has 0 heterocycles. The molecule has 0 saturated heterocycles. The summed E-state index contributed by atoms with van der Waals surface area (Å²) in [5, 5.41) is 11.8. The van der Waals surface area contributed by atoms with Gasteiger partial charge in [-0.1, -0.05) is 83.3 Å². The molecule has 0 saturated carbocycles. The van der Waals surface area contributed by atoms with Crippen molar-refractivity contribution in [3.8, 4) is 17.2 Å². The first-order valence-electron chi connectivity index (χ1n) is 11.5. The van der Waals surface area contributed by atoms with E-state index in [1.54, 1.807) is 12.1 Å². The first kappa shape index (κ1) is 29.0. The summed E-state index contributed by atoms with van der Waals surface area (Å²) in [4.78, 5) is -0.184. The quantitative estimate of drug-likeness (QED) is 0.244. The van der Waals surface area contributed by atoms with Gasteiger partial charge in [0.1, 0.15) is 11.5 Å². The zero-order valence-corrected chi connectivity index (χ0v) is 22.3. The molecule has 0 fully saturated rings. The number of hydrogen-bond donors (Lipinski definition) is 1. The topological polar surface area (TPSA) is 86.7 Å². The van der Waals surface area contributed by atoms with Crippen LogP contribution in [0.15, 0.2) is 47.4 Å². The summed E-state index contributed by atoms with van der Waals surface area (Å²) in [6.45, 7) is 2.24. The van der Waals surface area contributed by atoms with Crippen molar-refractivity contribution >= 4 is 10.1 Å². The molecule has 0 atom stereocenters. The van der Waals surface area contributed by atoms with Gasteiger partial charge in [-0.15, -0.1) is 5.75 Å². The minimum Gasteiger partial charge on any atom is -0.872 e. The molecule has 172 valence electrons. The Balaban J connectivity index is 0.00000512. The number of ether oxygens (including phenoxy) is 1. The first-order valence-corrected chi connectivity index (χ1v) is 12.9. The Morgan fingerprint density at radius 2 is 1.34 bits per heavy atom. The van der Waals surface area contributed by atoms with Gasteiger partial charge in [0.05, 0.1) is 4.90 Å². The average molecular weight is 471 g/mol. The van der Waals surface area contributed by atoms with Crippen LogP contribution in [0.1, 0.15) is 83.1 Å². The molecule has 0 aliphatic carbocycles. The van der Waals surface area contributed by atoms with E-state index in [4.69, 9.17) is 9.29 Å².